The van der Waals surface area contributed by atoms with E-state index in [1.165, 1.54) is 34.4 Å². The highest BCUT2D eigenvalue weighted by Gasteiger charge is 2.05. The van der Waals surface area contributed by atoms with Crippen LogP contribution >= 0.6 is 15.9 Å². The number of halogens is 1. The first-order chi connectivity index (χ1) is 6.13. The van der Waals surface area contributed by atoms with Gasteiger partial charge in [0.15, 0.2) is 0 Å². The molecule has 0 nitrogen and oxygen atoms in total. The van der Waals surface area contributed by atoms with E-state index in [0.29, 0.717) is 0 Å². The first kappa shape index (κ1) is 10.8. The summed E-state index contributed by atoms with van der Waals surface area (Å²) in [4.78, 5) is 0. The molecule has 0 saturated carbocycles. The Hall–Kier alpha value is -0.300. The van der Waals surface area contributed by atoms with Crippen molar-refractivity contribution < 1.29 is 0 Å². The number of hydrogen-bond donors (Lipinski definition) is 0. The van der Waals surface area contributed by atoms with E-state index in [1.54, 1.807) is 0 Å². The maximum Gasteiger partial charge on any atom is 0.0180 e. The lowest BCUT2D eigenvalue weighted by atomic mass is 9.95. The van der Waals surface area contributed by atoms with Gasteiger partial charge < -0.3 is 0 Å². The van der Waals surface area contributed by atoms with Gasteiger partial charge in [-0.2, -0.15) is 0 Å². The van der Waals surface area contributed by atoms with Gasteiger partial charge in [0, 0.05) is 10.4 Å². The van der Waals surface area contributed by atoms with Gasteiger partial charge in [-0.25, -0.2) is 0 Å². The molecule has 0 N–H and O–H groups in total. The zero-order chi connectivity index (χ0) is 9.84. The molecule has 0 atom stereocenters. The van der Waals surface area contributed by atoms with Crippen molar-refractivity contribution in [1.82, 2.24) is 0 Å². The first-order valence-electron chi connectivity index (χ1n) is 4.73. The second-order valence-corrected chi connectivity index (χ2v) is 4.46. The molecular formula is C12H16Br. The van der Waals surface area contributed by atoms with Crippen LogP contribution in [0.3, 0.4) is 0 Å². The minimum absolute atomic E-state index is 1.18. The van der Waals surface area contributed by atoms with E-state index < -0.39 is 0 Å². The van der Waals surface area contributed by atoms with Crippen molar-refractivity contribution in [2.75, 3.05) is 0 Å². The number of rotatable bonds is 3. The molecule has 1 rings (SSSR count). The Balaban J connectivity index is 2.87. The fraction of sp³-hybridized carbons (Fsp3) is 0.417. The summed E-state index contributed by atoms with van der Waals surface area (Å²) < 4.78 is 1.18. The van der Waals surface area contributed by atoms with Crippen molar-refractivity contribution >= 4 is 15.9 Å². The molecule has 0 amide bonds. The third-order valence-corrected chi connectivity index (χ3v) is 2.62. The van der Waals surface area contributed by atoms with E-state index in [2.05, 4.69) is 54.9 Å². The second kappa shape index (κ2) is 4.80. The first-order valence-corrected chi connectivity index (χ1v) is 5.52. The highest BCUT2D eigenvalue weighted by molar-refractivity contribution is 9.10. The molecule has 0 aliphatic carbocycles. The highest BCUT2D eigenvalue weighted by Crippen LogP contribution is 2.24. The minimum atomic E-state index is 1.18. The van der Waals surface area contributed by atoms with E-state index >= 15 is 0 Å². The van der Waals surface area contributed by atoms with Crippen molar-refractivity contribution in [3.8, 4) is 0 Å². The lowest BCUT2D eigenvalue weighted by Crippen LogP contribution is -1.94. The number of hydrogen-bond acceptors (Lipinski definition) is 0. The smallest absolute Gasteiger partial charge is 0.0180 e. The lowest BCUT2D eigenvalue weighted by molar-refractivity contribution is 0.827. The van der Waals surface area contributed by atoms with Crippen LogP contribution in [0.2, 0.25) is 0 Å². The maximum absolute atomic E-state index is 3.52. The van der Waals surface area contributed by atoms with Crippen LogP contribution in [0.15, 0.2) is 22.7 Å². The fourth-order valence-corrected chi connectivity index (χ4v) is 2.11. The van der Waals surface area contributed by atoms with Gasteiger partial charge in [-0.05, 0) is 36.6 Å². The molecule has 1 aromatic rings. The Labute approximate surface area is 89.5 Å². The van der Waals surface area contributed by atoms with E-state index in [-0.39, 0.29) is 0 Å². The molecule has 0 saturated heterocycles. The summed E-state index contributed by atoms with van der Waals surface area (Å²) >= 11 is 3.52. The Morgan fingerprint density at radius 1 is 1.31 bits per heavy atom. The van der Waals surface area contributed by atoms with Gasteiger partial charge in [-0.15, -0.1) is 0 Å². The van der Waals surface area contributed by atoms with Crippen LogP contribution in [0, 0.1) is 12.8 Å². The van der Waals surface area contributed by atoms with Crippen molar-refractivity contribution in [3.63, 3.8) is 0 Å². The molecular weight excluding hydrogens is 224 g/mol. The van der Waals surface area contributed by atoms with Crippen molar-refractivity contribution in [1.29, 1.82) is 0 Å². The lowest BCUT2D eigenvalue weighted by Gasteiger charge is -2.11. The van der Waals surface area contributed by atoms with E-state index in [0.717, 1.165) is 0 Å². The SMILES string of the molecule is CCC[C](C)c1cc(C)cc(Br)c1. The van der Waals surface area contributed by atoms with Gasteiger partial charge in [-0.1, -0.05) is 42.3 Å². The summed E-state index contributed by atoms with van der Waals surface area (Å²) in [6, 6.07) is 6.58. The van der Waals surface area contributed by atoms with Crippen molar-refractivity contribution in [2.45, 2.75) is 33.6 Å². The van der Waals surface area contributed by atoms with Gasteiger partial charge in [0.25, 0.3) is 0 Å². The van der Waals surface area contributed by atoms with Gasteiger partial charge in [0.05, 0.1) is 0 Å². The molecule has 1 aromatic carbocycles. The molecule has 13 heavy (non-hydrogen) atoms. The third-order valence-electron chi connectivity index (χ3n) is 2.16. The molecule has 0 aliphatic heterocycles. The van der Waals surface area contributed by atoms with Crippen molar-refractivity contribution in [2.24, 2.45) is 0 Å². The predicted molar refractivity (Wildman–Crippen MR) is 61.8 cm³/mol. The molecule has 0 aliphatic rings. The molecule has 71 valence electrons. The quantitative estimate of drug-likeness (QED) is 0.729. The van der Waals surface area contributed by atoms with Crippen LogP contribution in [0.4, 0.5) is 0 Å². The molecule has 0 unspecified atom stereocenters. The van der Waals surface area contributed by atoms with E-state index in [1.807, 2.05) is 0 Å². The summed E-state index contributed by atoms with van der Waals surface area (Å²) in [5, 5.41) is 0. The van der Waals surface area contributed by atoms with Crippen LogP contribution in [0.5, 0.6) is 0 Å². The van der Waals surface area contributed by atoms with Crippen LogP contribution in [0.25, 0.3) is 0 Å². The fourth-order valence-electron chi connectivity index (χ4n) is 1.50. The molecule has 0 fully saturated rings. The predicted octanol–water partition coefficient (Wildman–Crippen LogP) is 4.50. The van der Waals surface area contributed by atoms with E-state index in [9.17, 15) is 0 Å². The Morgan fingerprint density at radius 3 is 2.54 bits per heavy atom. The molecule has 1 radical (unpaired) electrons. The molecule has 1 heteroatoms. The maximum atomic E-state index is 3.52. The largest absolute Gasteiger partial charge is 0.0654 e. The summed E-state index contributed by atoms with van der Waals surface area (Å²) in [6.07, 6.45) is 2.41. The molecule has 0 heterocycles. The highest BCUT2D eigenvalue weighted by atomic mass is 79.9. The zero-order valence-corrected chi connectivity index (χ0v) is 10.1. The van der Waals surface area contributed by atoms with E-state index in [4.69, 9.17) is 0 Å². The summed E-state index contributed by atoms with van der Waals surface area (Å²) in [5.74, 6) is 1.48. The molecule has 0 spiro atoms. The third kappa shape index (κ3) is 3.15. The van der Waals surface area contributed by atoms with Gasteiger partial charge in [0.2, 0.25) is 0 Å². The summed E-state index contributed by atoms with van der Waals surface area (Å²) in [5.41, 5.74) is 2.69. The van der Waals surface area contributed by atoms with Crippen LogP contribution in [0.1, 0.15) is 37.8 Å². The average molecular weight is 240 g/mol. The number of benzene rings is 1. The van der Waals surface area contributed by atoms with Gasteiger partial charge >= 0.3 is 0 Å². The topological polar surface area (TPSA) is 0 Å². The summed E-state index contributed by atoms with van der Waals surface area (Å²) in [6.45, 7) is 6.56. The van der Waals surface area contributed by atoms with Gasteiger partial charge in [-0.3, -0.25) is 0 Å². The Morgan fingerprint density at radius 2 is 2.00 bits per heavy atom. The Bertz CT molecular complexity index is 258. The summed E-state index contributed by atoms with van der Waals surface area (Å²) in [7, 11) is 0. The molecule has 0 aromatic heterocycles. The standard InChI is InChI=1S/C12H16Br/c1-4-5-10(3)11-6-9(2)7-12(13)8-11/h6-8H,4-5H2,1-3H3. The zero-order valence-electron chi connectivity index (χ0n) is 8.52. The van der Waals surface area contributed by atoms with Crippen LogP contribution in [-0.4, -0.2) is 0 Å². The normalized spacial score (nSPS) is 10.8. The number of aryl methyl sites for hydroxylation is 1. The monoisotopic (exact) mass is 239 g/mol. The minimum Gasteiger partial charge on any atom is -0.0654 e. The second-order valence-electron chi connectivity index (χ2n) is 3.55. The Kier molecular flexibility index (Phi) is 3.98. The van der Waals surface area contributed by atoms with Crippen LogP contribution in [-0.2, 0) is 0 Å². The average Bonchev–Trinajstić information content (AvgIpc) is 2.03. The molecule has 0 bridgehead atoms. The van der Waals surface area contributed by atoms with Gasteiger partial charge in [0.1, 0.15) is 0 Å². The van der Waals surface area contributed by atoms with Crippen molar-refractivity contribution in [3.05, 3.63) is 39.7 Å². The van der Waals surface area contributed by atoms with Crippen LogP contribution < -0.4 is 0 Å².